The van der Waals surface area contributed by atoms with E-state index in [9.17, 15) is 14.4 Å². The summed E-state index contributed by atoms with van der Waals surface area (Å²) >= 11 is 0. The zero-order chi connectivity index (χ0) is 15.0. The van der Waals surface area contributed by atoms with Crippen LogP contribution in [0.2, 0.25) is 0 Å². The second-order valence-corrected chi connectivity index (χ2v) is 5.31. The van der Waals surface area contributed by atoms with Crippen LogP contribution in [0, 0.1) is 11.8 Å². The number of amides is 1. The van der Waals surface area contributed by atoms with Crippen LogP contribution in [0.5, 0.6) is 0 Å². The summed E-state index contributed by atoms with van der Waals surface area (Å²) in [6, 6.07) is -0.680. The first-order valence-electron chi connectivity index (χ1n) is 6.74. The summed E-state index contributed by atoms with van der Waals surface area (Å²) in [5.41, 5.74) is 0. The lowest BCUT2D eigenvalue weighted by Gasteiger charge is -2.20. The molecule has 0 heterocycles. The monoisotopic (exact) mass is 271 g/mol. The van der Waals surface area contributed by atoms with Gasteiger partial charge in [0.05, 0.1) is 0 Å². The van der Waals surface area contributed by atoms with Gasteiger partial charge in [0.25, 0.3) is 0 Å². The fourth-order valence-electron chi connectivity index (χ4n) is 1.46. The second kappa shape index (κ2) is 8.67. The first-order valence-corrected chi connectivity index (χ1v) is 6.74. The standard InChI is InChI=1S/C14H25NO4/c1-6-10(4)13(17)15-12(7-9(2)3)14(18)19-8-11(5)16/h9-10,12H,6-8H2,1-5H3,(H,15,17)/t10-,12?/m0/s1. The molecule has 0 spiro atoms. The normalized spacial score (nSPS) is 13.8. The fraction of sp³-hybridized carbons (Fsp3) is 0.786. The number of Topliss-reactive ketones (excluding diaryl/α,β-unsaturated/α-hetero) is 1. The molecule has 0 aromatic rings. The van der Waals surface area contributed by atoms with Crippen molar-refractivity contribution in [1.29, 1.82) is 0 Å². The van der Waals surface area contributed by atoms with E-state index in [0.29, 0.717) is 12.8 Å². The van der Waals surface area contributed by atoms with Gasteiger partial charge in [-0.1, -0.05) is 27.7 Å². The number of ether oxygens (including phenoxy) is 1. The van der Waals surface area contributed by atoms with Crippen LogP contribution < -0.4 is 5.32 Å². The number of ketones is 1. The Balaban J connectivity index is 4.57. The average Bonchev–Trinajstić information content (AvgIpc) is 2.33. The third-order valence-electron chi connectivity index (χ3n) is 2.79. The zero-order valence-electron chi connectivity index (χ0n) is 12.5. The van der Waals surface area contributed by atoms with Gasteiger partial charge in [-0.15, -0.1) is 0 Å². The molecule has 0 rings (SSSR count). The Morgan fingerprint density at radius 3 is 2.16 bits per heavy atom. The van der Waals surface area contributed by atoms with Gasteiger partial charge >= 0.3 is 5.97 Å². The molecule has 0 saturated carbocycles. The van der Waals surface area contributed by atoms with Gasteiger partial charge in [0, 0.05) is 5.92 Å². The molecule has 0 saturated heterocycles. The maximum absolute atomic E-state index is 11.8. The van der Waals surface area contributed by atoms with Crippen LogP contribution in [-0.2, 0) is 19.1 Å². The number of carbonyl (C=O) groups excluding carboxylic acids is 3. The number of hydrogen-bond donors (Lipinski definition) is 1. The van der Waals surface area contributed by atoms with E-state index in [2.05, 4.69) is 5.32 Å². The summed E-state index contributed by atoms with van der Waals surface area (Å²) in [6.07, 6.45) is 1.21. The van der Waals surface area contributed by atoms with Crippen molar-refractivity contribution in [2.75, 3.05) is 6.61 Å². The van der Waals surface area contributed by atoms with Crippen LogP contribution in [0.3, 0.4) is 0 Å². The van der Waals surface area contributed by atoms with E-state index < -0.39 is 12.0 Å². The zero-order valence-corrected chi connectivity index (χ0v) is 12.5. The van der Waals surface area contributed by atoms with E-state index in [4.69, 9.17) is 4.74 Å². The lowest BCUT2D eigenvalue weighted by Crippen LogP contribution is -2.45. The van der Waals surface area contributed by atoms with Crippen molar-refractivity contribution < 1.29 is 19.1 Å². The van der Waals surface area contributed by atoms with Crippen LogP contribution in [0.4, 0.5) is 0 Å². The van der Waals surface area contributed by atoms with Gasteiger partial charge in [0.1, 0.15) is 12.6 Å². The number of rotatable bonds is 8. The Labute approximate surface area is 115 Å². The van der Waals surface area contributed by atoms with Crippen LogP contribution in [0.25, 0.3) is 0 Å². The SMILES string of the molecule is CC[C@H](C)C(=O)NC(CC(C)C)C(=O)OCC(C)=O. The molecule has 0 aromatic carbocycles. The van der Waals surface area contributed by atoms with Crippen LogP contribution >= 0.6 is 0 Å². The molecule has 0 aromatic heterocycles. The number of nitrogens with one attached hydrogen (secondary N) is 1. The Morgan fingerprint density at radius 1 is 1.16 bits per heavy atom. The molecule has 19 heavy (non-hydrogen) atoms. The summed E-state index contributed by atoms with van der Waals surface area (Å²) in [5.74, 6) is -0.819. The van der Waals surface area contributed by atoms with Crippen molar-refractivity contribution in [3.63, 3.8) is 0 Å². The van der Waals surface area contributed by atoms with Crippen molar-refractivity contribution in [3.05, 3.63) is 0 Å². The average molecular weight is 271 g/mol. The summed E-state index contributed by atoms with van der Waals surface area (Å²) in [5, 5.41) is 2.70. The largest absolute Gasteiger partial charge is 0.456 e. The molecule has 110 valence electrons. The van der Waals surface area contributed by atoms with Crippen LogP contribution in [0.15, 0.2) is 0 Å². The summed E-state index contributed by atoms with van der Waals surface area (Å²) in [4.78, 5) is 34.5. The number of hydrogen-bond acceptors (Lipinski definition) is 4. The topological polar surface area (TPSA) is 72.5 Å². The van der Waals surface area contributed by atoms with Crippen molar-refractivity contribution >= 4 is 17.7 Å². The number of esters is 1. The molecule has 0 radical (unpaired) electrons. The van der Waals surface area contributed by atoms with E-state index in [1.807, 2.05) is 27.7 Å². The van der Waals surface area contributed by atoms with Gasteiger partial charge in [-0.2, -0.15) is 0 Å². The van der Waals surface area contributed by atoms with E-state index in [1.54, 1.807) is 0 Å². The second-order valence-electron chi connectivity index (χ2n) is 5.31. The minimum absolute atomic E-state index is 0.143. The fourth-order valence-corrected chi connectivity index (χ4v) is 1.46. The predicted molar refractivity (Wildman–Crippen MR) is 72.5 cm³/mol. The van der Waals surface area contributed by atoms with Gasteiger partial charge in [-0.3, -0.25) is 9.59 Å². The smallest absolute Gasteiger partial charge is 0.329 e. The van der Waals surface area contributed by atoms with E-state index >= 15 is 0 Å². The minimum Gasteiger partial charge on any atom is -0.456 e. The summed E-state index contributed by atoms with van der Waals surface area (Å²) in [6.45, 7) is 8.74. The number of carbonyl (C=O) groups is 3. The Morgan fingerprint density at radius 2 is 1.74 bits per heavy atom. The lowest BCUT2D eigenvalue weighted by molar-refractivity contribution is -0.151. The van der Waals surface area contributed by atoms with Crippen LogP contribution in [0.1, 0.15) is 47.5 Å². The van der Waals surface area contributed by atoms with Gasteiger partial charge < -0.3 is 10.1 Å². The van der Waals surface area contributed by atoms with Crippen molar-refractivity contribution in [2.45, 2.75) is 53.5 Å². The molecular weight excluding hydrogens is 246 g/mol. The highest BCUT2D eigenvalue weighted by molar-refractivity contribution is 5.87. The molecule has 1 N–H and O–H groups in total. The molecule has 5 nitrogen and oxygen atoms in total. The maximum atomic E-state index is 11.8. The highest BCUT2D eigenvalue weighted by Crippen LogP contribution is 2.09. The quantitative estimate of drug-likeness (QED) is 0.682. The minimum atomic E-state index is -0.680. The molecular formula is C14H25NO4. The molecule has 0 aliphatic carbocycles. The highest BCUT2D eigenvalue weighted by Gasteiger charge is 2.25. The van der Waals surface area contributed by atoms with E-state index in [1.165, 1.54) is 6.92 Å². The predicted octanol–water partition coefficient (Wildman–Crippen LogP) is 1.70. The van der Waals surface area contributed by atoms with Crippen molar-refractivity contribution in [2.24, 2.45) is 11.8 Å². The Kier molecular flexibility index (Phi) is 8.03. The molecule has 2 atom stereocenters. The van der Waals surface area contributed by atoms with Gasteiger partial charge in [0.2, 0.25) is 5.91 Å². The van der Waals surface area contributed by atoms with Crippen LogP contribution in [-0.4, -0.2) is 30.3 Å². The molecule has 1 amide bonds. The Hall–Kier alpha value is -1.39. The maximum Gasteiger partial charge on any atom is 0.329 e. The van der Waals surface area contributed by atoms with Crippen molar-refractivity contribution in [3.8, 4) is 0 Å². The molecule has 0 fully saturated rings. The van der Waals surface area contributed by atoms with E-state index in [0.717, 1.165) is 0 Å². The third kappa shape index (κ3) is 7.59. The van der Waals surface area contributed by atoms with Crippen molar-refractivity contribution in [1.82, 2.24) is 5.32 Å². The summed E-state index contributed by atoms with van der Waals surface area (Å²) < 4.78 is 4.88. The molecule has 0 bridgehead atoms. The first-order chi connectivity index (χ1) is 8.77. The van der Waals surface area contributed by atoms with E-state index in [-0.39, 0.29) is 30.1 Å². The molecule has 0 aliphatic rings. The highest BCUT2D eigenvalue weighted by atomic mass is 16.5. The lowest BCUT2D eigenvalue weighted by atomic mass is 10.0. The van der Waals surface area contributed by atoms with Gasteiger partial charge in [-0.25, -0.2) is 4.79 Å². The van der Waals surface area contributed by atoms with Gasteiger partial charge in [0.15, 0.2) is 5.78 Å². The molecule has 1 unspecified atom stereocenters. The molecule has 0 aliphatic heterocycles. The molecule has 5 heteroatoms. The summed E-state index contributed by atoms with van der Waals surface area (Å²) in [7, 11) is 0. The Bertz CT molecular complexity index is 325. The third-order valence-corrected chi connectivity index (χ3v) is 2.79. The first kappa shape index (κ1) is 17.6. The van der Waals surface area contributed by atoms with Gasteiger partial charge in [-0.05, 0) is 25.7 Å².